The predicted octanol–water partition coefficient (Wildman–Crippen LogP) is 2.64. The van der Waals surface area contributed by atoms with E-state index in [0.717, 1.165) is 15.7 Å². The molecule has 2 rings (SSSR count). The number of carbonyl (C=O) groups is 1. The fourth-order valence-electron chi connectivity index (χ4n) is 1.48. The first kappa shape index (κ1) is 10.9. The molecule has 0 atom stereocenters. The average molecular weight is 281 g/mol. The fraction of sp³-hybridized carbons (Fsp3) is 0.0909. The van der Waals surface area contributed by atoms with Crippen molar-refractivity contribution < 1.29 is 9.90 Å². The van der Waals surface area contributed by atoms with Crippen molar-refractivity contribution in [1.82, 2.24) is 9.55 Å². The topological polar surface area (TPSA) is 55.1 Å². The molecule has 0 aliphatic heterocycles. The lowest BCUT2D eigenvalue weighted by Crippen LogP contribution is -2.05. The van der Waals surface area contributed by atoms with Crippen LogP contribution in [0.15, 0.2) is 35.2 Å². The highest BCUT2D eigenvalue weighted by molar-refractivity contribution is 9.10. The number of pyridine rings is 1. The fourth-order valence-corrected chi connectivity index (χ4v) is 1.90. The summed E-state index contributed by atoms with van der Waals surface area (Å²) < 4.78 is 2.32. The molecule has 82 valence electrons. The third-order valence-corrected chi connectivity index (χ3v) is 2.58. The molecule has 5 heteroatoms. The zero-order chi connectivity index (χ0) is 11.7. The zero-order valence-corrected chi connectivity index (χ0v) is 10.1. The summed E-state index contributed by atoms with van der Waals surface area (Å²) >= 11 is 3.26. The van der Waals surface area contributed by atoms with Crippen LogP contribution in [-0.4, -0.2) is 20.6 Å². The Labute approximate surface area is 101 Å². The number of rotatable bonds is 2. The van der Waals surface area contributed by atoms with Gasteiger partial charge in [0, 0.05) is 16.9 Å². The van der Waals surface area contributed by atoms with Crippen LogP contribution in [0.4, 0.5) is 0 Å². The summed E-state index contributed by atoms with van der Waals surface area (Å²) in [6, 6.07) is 3.44. The van der Waals surface area contributed by atoms with E-state index in [1.54, 1.807) is 29.2 Å². The van der Waals surface area contributed by atoms with Crippen molar-refractivity contribution in [2.45, 2.75) is 6.92 Å². The van der Waals surface area contributed by atoms with Gasteiger partial charge in [-0.15, -0.1) is 0 Å². The molecular weight excluding hydrogens is 272 g/mol. The second-order valence-corrected chi connectivity index (χ2v) is 4.35. The molecule has 4 nitrogen and oxygen atoms in total. The summed E-state index contributed by atoms with van der Waals surface area (Å²) in [7, 11) is 0. The van der Waals surface area contributed by atoms with Crippen LogP contribution in [0.3, 0.4) is 0 Å². The summed E-state index contributed by atoms with van der Waals surface area (Å²) in [4.78, 5) is 15.1. The molecule has 2 heterocycles. The molecule has 0 amide bonds. The summed E-state index contributed by atoms with van der Waals surface area (Å²) in [5.41, 5.74) is 1.93. The number of carboxylic acids is 1. The first-order valence-electron chi connectivity index (χ1n) is 4.61. The highest BCUT2D eigenvalue weighted by Gasteiger charge is 2.12. The molecule has 0 saturated heterocycles. The molecule has 16 heavy (non-hydrogen) atoms. The predicted molar refractivity (Wildman–Crippen MR) is 63.0 cm³/mol. The van der Waals surface area contributed by atoms with Crippen molar-refractivity contribution in [3.63, 3.8) is 0 Å². The summed E-state index contributed by atoms with van der Waals surface area (Å²) in [6.45, 7) is 1.91. The Balaban J connectivity index is 2.59. The molecule has 0 bridgehead atoms. The minimum atomic E-state index is -0.966. The first-order valence-corrected chi connectivity index (χ1v) is 5.40. The number of halogens is 1. The van der Waals surface area contributed by atoms with Crippen molar-refractivity contribution in [3.05, 3.63) is 46.5 Å². The highest BCUT2D eigenvalue weighted by atomic mass is 79.9. The Morgan fingerprint density at radius 1 is 1.44 bits per heavy atom. The van der Waals surface area contributed by atoms with E-state index in [9.17, 15) is 4.79 Å². The van der Waals surface area contributed by atoms with Crippen LogP contribution >= 0.6 is 15.9 Å². The second kappa shape index (κ2) is 4.09. The smallest absolute Gasteiger partial charge is 0.352 e. The number of hydrogen-bond donors (Lipinski definition) is 1. The van der Waals surface area contributed by atoms with E-state index in [1.807, 2.05) is 13.0 Å². The lowest BCUT2D eigenvalue weighted by Gasteiger charge is -2.05. The molecule has 0 saturated carbocycles. The SMILES string of the molecule is Cc1cncc(-n2cc(Br)cc2C(=O)O)c1. The lowest BCUT2D eigenvalue weighted by atomic mass is 10.3. The number of carboxylic acid groups (broad SMARTS) is 1. The van der Waals surface area contributed by atoms with Gasteiger partial charge in [-0.3, -0.25) is 4.98 Å². The van der Waals surface area contributed by atoms with Gasteiger partial charge in [-0.25, -0.2) is 4.79 Å². The molecule has 2 aromatic rings. The first-order chi connectivity index (χ1) is 7.58. The Bertz CT molecular complexity index is 549. The number of nitrogens with zero attached hydrogens (tertiary/aromatic N) is 2. The van der Waals surface area contributed by atoms with Crippen molar-refractivity contribution in [1.29, 1.82) is 0 Å². The van der Waals surface area contributed by atoms with Crippen molar-refractivity contribution >= 4 is 21.9 Å². The van der Waals surface area contributed by atoms with Crippen LogP contribution in [0.1, 0.15) is 16.1 Å². The van der Waals surface area contributed by atoms with Gasteiger partial charge in [0.15, 0.2) is 0 Å². The monoisotopic (exact) mass is 280 g/mol. The standard InChI is InChI=1S/C11H9BrN2O2/c1-7-2-9(5-13-4-7)14-6-8(12)3-10(14)11(15)16/h2-6H,1H3,(H,15,16). The van der Waals surface area contributed by atoms with Gasteiger partial charge in [-0.2, -0.15) is 0 Å². The third kappa shape index (κ3) is 1.99. The minimum Gasteiger partial charge on any atom is -0.477 e. The maximum absolute atomic E-state index is 11.0. The van der Waals surface area contributed by atoms with Crippen LogP contribution in [0.2, 0.25) is 0 Å². The molecule has 0 fully saturated rings. The maximum atomic E-state index is 11.0. The summed E-state index contributed by atoms with van der Waals surface area (Å²) in [6.07, 6.45) is 5.06. The number of aromatic carboxylic acids is 1. The second-order valence-electron chi connectivity index (χ2n) is 3.44. The van der Waals surface area contributed by atoms with Gasteiger partial charge in [-0.05, 0) is 40.5 Å². The molecule has 0 aliphatic rings. The molecular formula is C11H9BrN2O2. The lowest BCUT2D eigenvalue weighted by molar-refractivity contribution is 0.0688. The molecule has 1 N–H and O–H groups in total. The minimum absolute atomic E-state index is 0.208. The quantitative estimate of drug-likeness (QED) is 0.920. The number of hydrogen-bond acceptors (Lipinski definition) is 2. The normalized spacial score (nSPS) is 10.4. The zero-order valence-electron chi connectivity index (χ0n) is 8.51. The molecule has 0 unspecified atom stereocenters. The van der Waals surface area contributed by atoms with E-state index < -0.39 is 5.97 Å². The van der Waals surface area contributed by atoms with E-state index >= 15 is 0 Å². The van der Waals surface area contributed by atoms with Gasteiger partial charge in [-0.1, -0.05) is 0 Å². The molecule has 0 spiro atoms. The van der Waals surface area contributed by atoms with Gasteiger partial charge < -0.3 is 9.67 Å². The average Bonchev–Trinajstić information content (AvgIpc) is 2.60. The number of aromatic nitrogens is 2. The van der Waals surface area contributed by atoms with E-state index in [-0.39, 0.29) is 5.69 Å². The molecule has 0 aliphatic carbocycles. The van der Waals surface area contributed by atoms with Crippen molar-refractivity contribution in [3.8, 4) is 5.69 Å². The van der Waals surface area contributed by atoms with Gasteiger partial charge in [0.05, 0.1) is 11.9 Å². The molecule has 2 aromatic heterocycles. The Kier molecular flexibility index (Phi) is 2.78. The highest BCUT2D eigenvalue weighted by Crippen LogP contribution is 2.19. The van der Waals surface area contributed by atoms with E-state index in [2.05, 4.69) is 20.9 Å². The molecule has 0 radical (unpaired) electrons. The van der Waals surface area contributed by atoms with E-state index in [0.29, 0.717) is 0 Å². The van der Waals surface area contributed by atoms with Crippen LogP contribution in [0.5, 0.6) is 0 Å². The van der Waals surface area contributed by atoms with Gasteiger partial charge in [0.1, 0.15) is 5.69 Å². The van der Waals surface area contributed by atoms with Gasteiger partial charge in [0.2, 0.25) is 0 Å². The van der Waals surface area contributed by atoms with Crippen LogP contribution in [0, 0.1) is 6.92 Å². The summed E-state index contributed by atoms with van der Waals surface area (Å²) in [5.74, 6) is -0.966. The van der Waals surface area contributed by atoms with Crippen LogP contribution < -0.4 is 0 Å². The third-order valence-electron chi connectivity index (χ3n) is 2.14. The van der Waals surface area contributed by atoms with Gasteiger partial charge in [0.25, 0.3) is 0 Å². The van der Waals surface area contributed by atoms with Crippen molar-refractivity contribution in [2.24, 2.45) is 0 Å². The Morgan fingerprint density at radius 3 is 2.81 bits per heavy atom. The van der Waals surface area contributed by atoms with Gasteiger partial charge >= 0.3 is 5.97 Å². The Hall–Kier alpha value is -1.62. The molecule has 0 aromatic carbocycles. The van der Waals surface area contributed by atoms with E-state index in [4.69, 9.17) is 5.11 Å². The van der Waals surface area contributed by atoms with Crippen LogP contribution in [0.25, 0.3) is 5.69 Å². The van der Waals surface area contributed by atoms with Crippen molar-refractivity contribution in [2.75, 3.05) is 0 Å². The van der Waals surface area contributed by atoms with E-state index in [1.165, 1.54) is 0 Å². The Morgan fingerprint density at radius 2 is 2.19 bits per heavy atom. The summed E-state index contributed by atoms with van der Waals surface area (Å²) in [5, 5.41) is 9.05. The largest absolute Gasteiger partial charge is 0.477 e. The number of aryl methyl sites for hydroxylation is 1. The van der Waals surface area contributed by atoms with Crippen LogP contribution in [-0.2, 0) is 0 Å². The maximum Gasteiger partial charge on any atom is 0.352 e.